The number of hydrogen-bond donors (Lipinski definition) is 0. The zero-order valence-corrected chi connectivity index (χ0v) is 11.3. The molecule has 5 heteroatoms. The first-order valence-electron chi connectivity index (χ1n) is 5.59. The molecule has 0 radical (unpaired) electrons. The number of rotatable bonds is 2. The minimum atomic E-state index is -0.373. The van der Waals surface area contributed by atoms with Crippen LogP contribution >= 0.6 is 15.9 Å². The summed E-state index contributed by atoms with van der Waals surface area (Å²) in [6.45, 7) is 0. The quantitative estimate of drug-likeness (QED) is 0.707. The molecule has 0 saturated heterocycles. The molecule has 1 aromatic heterocycles. The molecular weight excluding hydrogens is 311 g/mol. The van der Waals surface area contributed by atoms with Gasteiger partial charge in [0, 0.05) is 4.47 Å². The molecule has 3 aromatic rings. The predicted octanol–water partition coefficient (Wildman–Crippen LogP) is 4.31. The van der Waals surface area contributed by atoms with Crippen LogP contribution in [0.1, 0.15) is 0 Å². The molecule has 3 nitrogen and oxygen atoms in total. The molecule has 0 fully saturated rings. The lowest BCUT2D eigenvalue weighted by Crippen LogP contribution is -1.86. The van der Waals surface area contributed by atoms with E-state index in [0.29, 0.717) is 11.5 Å². The molecule has 0 saturated carbocycles. The first kappa shape index (κ1) is 12.0. The molecular formula is C14H8BrFN2O. The van der Waals surface area contributed by atoms with Crippen LogP contribution < -0.4 is 0 Å². The third-order valence-electron chi connectivity index (χ3n) is 2.65. The Bertz CT molecular complexity index is 667. The Balaban J connectivity index is 2.06. The van der Waals surface area contributed by atoms with Gasteiger partial charge in [-0.1, -0.05) is 29.4 Å². The van der Waals surface area contributed by atoms with Crippen LogP contribution in [-0.4, -0.2) is 10.1 Å². The van der Waals surface area contributed by atoms with Gasteiger partial charge in [-0.05, 0) is 40.2 Å². The molecule has 2 aromatic carbocycles. The number of halogens is 2. The minimum Gasteiger partial charge on any atom is -0.334 e. The van der Waals surface area contributed by atoms with Crippen molar-refractivity contribution in [1.82, 2.24) is 10.1 Å². The van der Waals surface area contributed by atoms with Crippen LogP contribution in [0.25, 0.3) is 22.8 Å². The van der Waals surface area contributed by atoms with Gasteiger partial charge < -0.3 is 4.52 Å². The van der Waals surface area contributed by atoms with E-state index < -0.39 is 0 Å². The summed E-state index contributed by atoms with van der Waals surface area (Å²) in [6.07, 6.45) is 0. The predicted molar refractivity (Wildman–Crippen MR) is 72.8 cm³/mol. The monoisotopic (exact) mass is 318 g/mol. The topological polar surface area (TPSA) is 38.9 Å². The van der Waals surface area contributed by atoms with Gasteiger partial charge in [0.25, 0.3) is 5.89 Å². The van der Waals surface area contributed by atoms with E-state index in [2.05, 4.69) is 26.1 Å². The zero-order valence-electron chi connectivity index (χ0n) is 9.68. The number of benzene rings is 2. The van der Waals surface area contributed by atoms with Crippen LogP contribution in [-0.2, 0) is 0 Å². The van der Waals surface area contributed by atoms with E-state index >= 15 is 0 Å². The molecule has 0 atom stereocenters. The Labute approximate surface area is 117 Å². The Morgan fingerprint density at radius 2 is 1.63 bits per heavy atom. The second-order valence-corrected chi connectivity index (χ2v) is 4.74. The Kier molecular flexibility index (Phi) is 3.13. The summed E-state index contributed by atoms with van der Waals surface area (Å²) in [5.74, 6) is 0.219. The van der Waals surface area contributed by atoms with Gasteiger partial charge in [-0.25, -0.2) is 4.39 Å². The highest BCUT2D eigenvalue weighted by atomic mass is 79.9. The van der Waals surface area contributed by atoms with E-state index in [-0.39, 0.29) is 11.6 Å². The lowest BCUT2D eigenvalue weighted by molar-refractivity contribution is 0.431. The van der Waals surface area contributed by atoms with Gasteiger partial charge in [0.15, 0.2) is 0 Å². The summed E-state index contributed by atoms with van der Waals surface area (Å²) in [5, 5.41) is 3.82. The molecule has 0 unspecified atom stereocenters. The van der Waals surface area contributed by atoms with E-state index in [0.717, 1.165) is 10.0 Å². The maximum absolute atomic E-state index is 13.6. The van der Waals surface area contributed by atoms with Gasteiger partial charge in [-0.15, -0.1) is 0 Å². The summed E-state index contributed by atoms with van der Waals surface area (Å²) >= 11 is 3.41. The molecule has 1 heterocycles. The van der Waals surface area contributed by atoms with Gasteiger partial charge >= 0.3 is 0 Å². The van der Waals surface area contributed by atoms with E-state index in [9.17, 15) is 4.39 Å². The molecule has 3 rings (SSSR count). The van der Waals surface area contributed by atoms with Crippen LogP contribution in [0.3, 0.4) is 0 Å². The van der Waals surface area contributed by atoms with Gasteiger partial charge in [-0.3, -0.25) is 0 Å². The van der Waals surface area contributed by atoms with Gasteiger partial charge in [-0.2, -0.15) is 4.98 Å². The van der Waals surface area contributed by atoms with E-state index in [4.69, 9.17) is 4.52 Å². The van der Waals surface area contributed by atoms with Gasteiger partial charge in [0.1, 0.15) is 5.82 Å². The lowest BCUT2D eigenvalue weighted by Gasteiger charge is -1.97. The summed E-state index contributed by atoms with van der Waals surface area (Å²) in [6, 6.07) is 13.8. The van der Waals surface area contributed by atoms with Crippen molar-refractivity contribution in [3.8, 4) is 22.8 Å². The number of aromatic nitrogens is 2. The van der Waals surface area contributed by atoms with Crippen molar-refractivity contribution in [3.05, 3.63) is 58.8 Å². The Hall–Kier alpha value is -2.01. The standard InChI is InChI=1S/C14H8BrFN2O/c15-11-7-3-1-5-9(11)14-17-13(18-19-14)10-6-2-4-8-12(10)16/h1-8H. The van der Waals surface area contributed by atoms with Gasteiger partial charge in [0.05, 0.1) is 11.1 Å². The fourth-order valence-corrected chi connectivity index (χ4v) is 2.17. The fraction of sp³-hybridized carbons (Fsp3) is 0. The summed E-state index contributed by atoms with van der Waals surface area (Å²) in [5.41, 5.74) is 1.10. The van der Waals surface area contributed by atoms with Crippen molar-refractivity contribution in [3.63, 3.8) is 0 Å². The molecule has 0 aliphatic heterocycles. The third kappa shape index (κ3) is 2.29. The minimum absolute atomic E-state index is 0.240. The SMILES string of the molecule is Fc1ccccc1-c1noc(-c2ccccc2Br)n1. The lowest BCUT2D eigenvalue weighted by atomic mass is 10.2. The summed E-state index contributed by atoms with van der Waals surface area (Å²) in [4.78, 5) is 4.22. The molecule has 0 aliphatic rings. The van der Waals surface area contributed by atoms with E-state index in [1.807, 2.05) is 24.3 Å². The van der Waals surface area contributed by atoms with Crippen LogP contribution in [0.15, 0.2) is 57.5 Å². The first-order valence-corrected chi connectivity index (χ1v) is 6.38. The van der Waals surface area contributed by atoms with E-state index in [1.54, 1.807) is 18.2 Å². The van der Waals surface area contributed by atoms with Crippen LogP contribution in [0, 0.1) is 5.82 Å². The zero-order chi connectivity index (χ0) is 13.2. The summed E-state index contributed by atoms with van der Waals surface area (Å²) < 4.78 is 19.7. The average Bonchev–Trinajstić information content (AvgIpc) is 2.89. The Morgan fingerprint density at radius 1 is 0.947 bits per heavy atom. The fourth-order valence-electron chi connectivity index (χ4n) is 1.72. The van der Waals surface area contributed by atoms with Crippen molar-refractivity contribution < 1.29 is 8.91 Å². The average molecular weight is 319 g/mol. The largest absolute Gasteiger partial charge is 0.334 e. The van der Waals surface area contributed by atoms with Crippen LogP contribution in [0.4, 0.5) is 4.39 Å². The second kappa shape index (κ2) is 4.93. The van der Waals surface area contributed by atoms with Crippen molar-refractivity contribution >= 4 is 15.9 Å². The molecule has 0 amide bonds. The molecule has 0 N–H and O–H groups in total. The summed E-state index contributed by atoms with van der Waals surface area (Å²) in [7, 11) is 0. The van der Waals surface area contributed by atoms with E-state index in [1.165, 1.54) is 6.07 Å². The maximum atomic E-state index is 13.6. The molecule has 0 aliphatic carbocycles. The molecule has 94 valence electrons. The van der Waals surface area contributed by atoms with Gasteiger partial charge in [0.2, 0.25) is 5.82 Å². The molecule has 0 spiro atoms. The number of hydrogen-bond acceptors (Lipinski definition) is 3. The highest BCUT2D eigenvalue weighted by molar-refractivity contribution is 9.10. The van der Waals surface area contributed by atoms with Crippen molar-refractivity contribution in [2.45, 2.75) is 0 Å². The van der Waals surface area contributed by atoms with Crippen LogP contribution in [0.5, 0.6) is 0 Å². The molecule has 19 heavy (non-hydrogen) atoms. The van der Waals surface area contributed by atoms with Crippen molar-refractivity contribution in [2.24, 2.45) is 0 Å². The smallest absolute Gasteiger partial charge is 0.259 e. The second-order valence-electron chi connectivity index (χ2n) is 3.88. The van der Waals surface area contributed by atoms with Crippen LogP contribution in [0.2, 0.25) is 0 Å². The van der Waals surface area contributed by atoms with Crippen molar-refractivity contribution in [1.29, 1.82) is 0 Å². The normalized spacial score (nSPS) is 10.6. The number of nitrogens with zero attached hydrogens (tertiary/aromatic N) is 2. The highest BCUT2D eigenvalue weighted by Crippen LogP contribution is 2.28. The Morgan fingerprint density at radius 3 is 2.37 bits per heavy atom. The third-order valence-corrected chi connectivity index (χ3v) is 3.34. The molecule has 0 bridgehead atoms. The van der Waals surface area contributed by atoms with Crippen molar-refractivity contribution in [2.75, 3.05) is 0 Å². The highest BCUT2D eigenvalue weighted by Gasteiger charge is 2.14. The first-order chi connectivity index (χ1) is 9.25. The maximum Gasteiger partial charge on any atom is 0.259 e.